The van der Waals surface area contributed by atoms with Crippen molar-refractivity contribution in [3.63, 3.8) is 0 Å². The van der Waals surface area contributed by atoms with Crippen LogP contribution >= 0.6 is 0 Å². The predicted octanol–water partition coefficient (Wildman–Crippen LogP) is 3.76. The van der Waals surface area contributed by atoms with E-state index in [1.807, 2.05) is 6.92 Å². The molecule has 5 nitrogen and oxygen atoms in total. The Morgan fingerprint density at radius 3 is 1.92 bits per heavy atom. The number of nitrogens with zero attached hydrogens (tertiary/aromatic N) is 2. The van der Waals surface area contributed by atoms with Gasteiger partial charge in [0.15, 0.2) is 5.69 Å². The van der Waals surface area contributed by atoms with E-state index in [1.54, 1.807) is 24.3 Å². The SMILES string of the molecule is C[C@@H](N)c1ccc(-c2nc(C(F)(F)F)cn2C)cc1.O=C(O)C(F)(F)F. The zero-order chi connectivity index (χ0) is 20.3. The first-order chi connectivity index (χ1) is 11.7. The summed E-state index contributed by atoms with van der Waals surface area (Å²) in [5, 5.41) is 7.12. The molecule has 1 aromatic carbocycles. The zero-order valence-electron chi connectivity index (χ0n) is 13.6. The Morgan fingerprint density at radius 2 is 1.62 bits per heavy atom. The van der Waals surface area contributed by atoms with Crippen molar-refractivity contribution in [2.45, 2.75) is 25.3 Å². The number of halogens is 6. The summed E-state index contributed by atoms with van der Waals surface area (Å²) in [6.07, 6.45) is -8.53. The van der Waals surface area contributed by atoms with E-state index in [4.69, 9.17) is 15.6 Å². The van der Waals surface area contributed by atoms with Crippen LogP contribution in [-0.4, -0.2) is 26.8 Å². The molecule has 0 aliphatic carbocycles. The van der Waals surface area contributed by atoms with Crippen LogP contribution in [-0.2, 0) is 18.0 Å². The highest BCUT2D eigenvalue weighted by Crippen LogP contribution is 2.30. The maximum Gasteiger partial charge on any atom is 0.490 e. The first-order valence-corrected chi connectivity index (χ1v) is 7.00. The lowest BCUT2D eigenvalue weighted by molar-refractivity contribution is -0.192. The number of carboxylic acids is 1. The fourth-order valence-electron chi connectivity index (χ4n) is 1.81. The lowest BCUT2D eigenvalue weighted by Gasteiger charge is -2.07. The molecule has 144 valence electrons. The molecule has 0 aliphatic heterocycles. The van der Waals surface area contributed by atoms with E-state index >= 15 is 0 Å². The molecule has 0 saturated carbocycles. The van der Waals surface area contributed by atoms with Gasteiger partial charge in [0.05, 0.1) is 0 Å². The highest BCUT2D eigenvalue weighted by molar-refractivity contribution is 5.73. The Balaban J connectivity index is 0.000000412. The van der Waals surface area contributed by atoms with E-state index in [9.17, 15) is 26.3 Å². The molecule has 3 N–H and O–H groups in total. The first-order valence-electron chi connectivity index (χ1n) is 7.00. The molecule has 0 spiro atoms. The van der Waals surface area contributed by atoms with Crippen LogP contribution in [0.1, 0.15) is 24.2 Å². The third kappa shape index (κ3) is 5.76. The van der Waals surface area contributed by atoms with E-state index in [2.05, 4.69) is 4.98 Å². The largest absolute Gasteiger partial charge is 0.490 e. The van der Waals surface area contributed by atoms with Crippen LogP contribution in [0.2, 0.25) is 0 Å². The Bertz CT molecular complexity index is 748. The lowest BCUT2D eigenvalue weighted by atomic mass is 10.1. The molecule has 0 unspecified atom stereocenters. The zero-order valence-corrected chi connectivity index (χ0v) is 13.6. The minimum atomic E-state index is -5.08. The predicted molar refractivity (Wildman–Crippen MR) is 79.9 cm³/mol. The average Bonchev–Trinajstić information content (AvgIpc) is 2.89. The number of hydrogen-bond acceptors (Lipinski definition) is 3. The van der Waals surface area contributed by atoms with Gasteiger partial charge >= 0.3 is 18.3 Å². The minimum Gasteiger partial charge on any atom is -0.475 e. The molecule has 11 heteroatoms. The monoisotopic (exact) mass is 383 g/mol. The highest BCUT2D eigenvalue weighted by atomic mass is 19.4. The van der Waals surface area contributed by atoms with Crippen molar-refractivity contribution in [1.29, 1.82) is 0 Å². The molecule has 26 heavy (non-hydrogen) atoms. The Kier molecular flexibility index (Phi) is 6.42. The minimum absolute atomic E-state index is 0.110. The van der Waals surface area contributed by atoms with E-state index in [1.165, 1.54) is 11.6 Å². The van der Waals surface area contributed by atoms with Gasteiger partial charge in [-0.3, -0.25) is 0 Å². The normalized spacial score (nSPS) is 13.0. The van der Waals surface area contributed by atoms with Gasteiger partial charge in [-0.1, -0.05) is 24.3 Å². The number of alkyl halides is 6. The van der Waals surface area contributed by atoms with Crippen molar-refractivity contribution < 1.29 is 36.2 Å². The molecule has 0 fully saturated rings. The number of aromatic nitrogens is 2. The van der Waals surface area contributed by atoms with Crippen LogP contribution in [0, 0.1) is 0 Å². The molecule has 2 rings (SSSR count). The van der Waals surface area contributed by atoms with E-state index in [-0.39, 0.29) is 11.9 Å². The maximum absolute atomic E-state index is 12.6. The molecule has 0 radical (unpaired) electrons. The number of nitrogens with two attached hydrogens (primary N) is 1. The van der Waals surface area contributed by atoms with Crippen molar-refractivity contribution in [2.75, 3.05) is 0 Å². The molecule has 2 aromatic rings. The summed E-state index contributed by atoms with van der Waals surface area (Å²) in [7, 11) is 1.54. The second-order valence-corrected chi connectivity index (χ2v) is 5.27. The van der Waals surface area contributed by atoms with E-state index < -0.39 is 24.0 Å². The molecule has 1 heterocycles. The van der Waals surface area contributed by atoms with E-state index in [0.29, 0.717) is 5.56 Å². The smallest absolute Gasteiger partial charge is 0.475 e. The van der Waals surface area contributed by atoms with Crippen molar-refractivity contribution in [3.8, 4) is 11.4 Å². The molecule has 0 saturated heterocycles. The number of benzene rings is 1. The topological polar surface area (TPSA) is 81.1 Å². The van der Waals surface area contributed by atoms with Crippen LogP contribution in [0.15, 0.2) is 30.5 Å². The highest BCUT2D eigenvalue weighted by Gasteiger charge is 2.38. The first kappa shape index (κ1) is 21.5. The molecular formula is C15H15F6N3O2. The Labute approximate surface area is 144 Å². The van der Waals surface area contributed by atoms with Crippen LogP contribution in [0.5, 0.6) is 0 Å². The number of rotatable bonds is 2. The summed E-state index contributed by atoms with van der Waals surface area (Å²) >= 11 is 0. The number of carbonyl (C=O) groups is 1. The van der Waals surface area contributed by atoms with Crippen molar-refractivity contribution in [2.24, 2.45) is 12.8 Å². The van der Waals surface area contributed by atoms with Crippen LogP contribution < -0.4 is 5.73 Å². The van der Waals surface area contributed by atoms with Gasteiger partial charge in [0.2, 0.25) is 0 Å². The van der Waals surface area contributed by atoms with Crippen LogP contribution in [0.4, 0.5) is 26.3 Å². The van der Waals surface area contributed by atoms with Crippen LogP contribution in [0.25, 0.3) is 11.4 Å². The maximum atomic E-state index is 12.6. The van der Waals surface area contributed by atoms with Crippen molar-refractivity contribution in [3.05, 3.63) is 41.7 Å². The molecular weight excluding hydrogens is 368 g/mol. The molecule has 0 aliphatic rings. The Morgan fingerprint density at radius 1 is 1.15 bits per heavy atom. The third-order valence-electron chi connectivity index (χ3n) is 3.10. The summed E-state index contributed by atoms with van der Waals surface area (Å²) in [6, 6.07) is 6.92. The standard InChI is InChI=1S/C13H14F3N3.C2HF3O2/c1-8(17)9-3-5-10(6-4-9)12-18-11(7-19(12)2)13(14,15)16;3-2(4,5)1(6)7/h3-8H,17H2,1-2H3;(H,6,7)/t8-;/m1./s1. The summed E-state index contributed by atoms with van der Waals surface area (Å²) in [4.78, 5) is 12.5. The van der Waals surface area contributed by atoms with E-state index in [0.717, 1.165) is 11.8 Å². The lowest BCUT2D eigenvalue weighted by Crippen LogP contribution is -2.21. The quantitative estimate of drug-likeness (QED) is 0.774. The molecule has 1 atom stereocenters. The van der Waals surface area contributed by atoms with Crippen molar-refractivity contribution >= 4 is 5.97 Å². The van der Waals surface area contributed by atoms with Crippen LogP contribution in [0.3, 0.4) is 0 Å². The summed E-state index contributed by atoms with van der Waals surface area (Å²) in [6.45, 7) is 1.84. The summed E-state index contributed by atoms with van der Waals surface area (Å²) < 4.78 is 70.8. The molecule has 1 aromatic heterocycles. The van der Waals surface area contributed by atoms with Crippen molar-refractivity contribution in [1.82, 2.24) is 9.55 Å². The fraction of sp³-hybridized carbons (Fsp3) is 0.333. The number of hydrogen-bond donors (Lipinski definition) is 2. The summed E-state index contributed by atoms with van der Waals surface area (Å²) in [5.74, 6) is -2.48. The van der Waals surface area contributed by atoms with Gasteiger partial charge < -0.3 is 15.4 Å². The number of carboxylic acid groups (broad SMARTS) is 1. The Hall–Kier alpha value is -2.56. The van der Waals surface area contributed by atoms with Gasteiger partial charge in [-0.25, -0.2) is 9.78 Å². The fourth-order valence-corrected chi connectivity index (χ4v) is 1.81. The number of imidazole rings is 1. The van der Waals surface area contributed by atoms with Gasteiger partial charge in [-0.2, -0.15) is 26.3 Å². The number of aliphatic carboxylic acids is 1. The van der Waals surface area contributed by atoms with Gasteiger partial charge in [0, 0.05) is 24.8 Å². The third-order valence-corrected chi connectivity index (χ3v) is 3.10. The second kappa shape index (κ2) is 7.77. The average molecular weight is 383 g/mol. The summed E-state index contributed by atoms with van der Waals surface area (Å²) in [5.41, 5.74) is 6.39. The van der Waals surface area contributed by atoms with Gasteiger partial charge in [-0.05, 0) is 12.5 Å². The number of aryl methyl sites for hydroxylation is 1. The van der Waals surface area contributed by atoms with Gasteiger partial charge in [0.1, 0.15) is 5.82 Å². The second-order valence-electron chi connectivity index (χ2n) is 5.27. The molecule has 0 bridgehead atoms. The van der Waals surface area contributed by atoms with Gasteiger partial charge in [-0.15, -0.1) is 0 Å². The van der Waals surface area contributed by atoms with Gasteiger partial charge in [0.25, 0.3) is 0 Å². The molecule has 0 amide bonds.